The molecule has 3 rings (SSSR count). The Balaban J connectivity index is 1.82. The van der Waals surface area contributed by atoms with E-state index < -0.39 is 0 Å². The highest BCUT2D eigenvalue weighted by molar-refractivity contribution is 7.22. The van der Waals surface area contributed by atoms with Gasteiger partial charge in [0, 0.05) is 6.54 Å². The molecule has 20 heavy (non-hydrogen) atoms. The molecule has 106 valence electrons. The molecule has 1 amide bonds. The number of carbonyl (C=O) groups excluding carboxylic acids is 1. The van der Waals surface area contributed by atoms with Crippen LogP contribution in [-0.4, -0.2) is 24.5 Å². The molecule has 0 radical (unpaired) electrons. The lowest BCUT2D eigenvalue weighted by Crippen LogP contribution is -2.47. The minimum Gasteiger partial charge on any atom is -0.497 e. The van der Waals surface area contributed by atoms with Gasteiger partial charge >= 0.3 is 0 Å². The van der Waals surface area contributed by atoms with E-state index in [-0.39, 0.29) is 11.3 Å². The first kappa shape index (κ1) is 13.3. The minimum atomic E-state index is -0.379. The number of nitrogens with zero attached hydrogens (tertiary/aromatic N) is 1. The van der Waals surface area contributed by atoms with Gasteiger partial charge in [-0.25, -0.2) is 4.98 Å². The van der Waals surface area contributed by atoms with Gasteiger partial charge in [-0.15, -0.1) is 0 Å². The van der Waals surface area contributed by atoms with Gasteiger partial charge in [0.15, 0.2) is 5.13 Å². The van der Waals surface area contributed by atoms with Gasteiger partial charge < -0.3 is 15.8 Å². The number of hydrogen-bond acceptors (Lipinski definition) is 5. The Bertz CT molecular complexity index is 643. The van der Waals surface area contributed by atoms with Crippen LogP contribution in [0.4, 0.5) is 5.13 Å². The second-order valence-corrected chi connectivity index (χ2v) is 6.18. The molecule has 0 bridgehead atoms. The summed E-state index contributed by atoms with van der Waals surface area (Å²) in [6.45, 7) is 0.400. The maximum absolute atomic E-state index is 12.3. The standard InChI is InChI=1S/C14H17N3O2S/c1-19-9-3-4-10-11(7-9)20-13(16-10)17-12(18)14(8-15)5-2-6-14/h3-4,7H,2,5-6,8,15H2,1H3,(H,16,17,18). The number of carbonyl (C=O) groups is 1. The molecule has 0 spiro atoms. The zero-order valence-corrected chi connectivity index (χ0v) is 12.1. The number of methoxy groups -OCH3 is 1. The molecule has 0 unspecified atom stereocenters. The minimum absolute atomic E-state index is 0.00253. The average molecular weight is 291 g/mol. The Labute approximate surface area is 121 Å². The Morgan fingerprint density at radius 3 is 2.95 bits per heavy atom. The van der Waals surface area contributed by atoms with Crippen LogP contribution in [-0.2, 0) is 4.79 Å². The largest absolute Gasteiger partial charge is 0.497 e. The highest BCUT2D eigenvalue weighted by atomic mass is 32.1. The third kappa shape index (κ3) is 2.14. The molecular formula is C14H17N3O2S. The van der Waals surface area contributed by atoms with Crippen LogP contribution in [0.1, 0.15) is 19.3 Å². The Morgan fingerprint density at radius 2 is 2.35 bits per heavy atom. The number of benzene rings is 1. The molecule has 0 atom stereocenters. The van der Waals surface area contributed by atoms with Crippen molar-refractivity contribution in [3.8, 4) is 5.75 Å². The fourth-order valence-electron chi connectivity index (χ4n) is 2.44. The fraction of sp³-hybridized carbons (Fsp3) is 0.429. The first-order valence-electron chi connectivity index (χ1n) is 6.63. The molecule has 6 heteroatoms. The van der Waals surface area contributed by atoms with Gasteiger partial charge in [-0.05, 0) is 31.0 Å². The smallest absolute Gasteiger partial charge is 0.233 e. The van der Waals surface area contributed by atoms with E-state index in [2.05, 4.69) is 10.3 Å². The summed E-state index contributed by atoms with van der Waals surface area (Å²) in [5.74, 6) is 0.786. The second-order valence-electron chi connectivity index (χ2n) is 5.14. The number of nitrogens with one attached hydrogen (secondary N) is 1. The van der Waals surface area contributed by atoms with E-state index >= 15 is 0 Å². The quantitative estimate of drug-likeness (QED) is 0.906. The van der Waals surface area contributed by atoms with E-state index in [0.29, 0.717) is 11.7 Å². The molecule has 1 aromatic heterocycles. The molecule has 0 aliphatic heterocycles. The Kier molecular flexibility index (Phi) is 3.35. The van der Waals surface area contributed by atoms with Gasteiger partial charge in [-0.2, -0.15) is 0 Å². The Hall–Kier alpha value is -1.66. The first-order chi connectivity index (χ1) is 9.66. The number of anilines is 1. The number of hydrogen-bond donors (Lipinski definition) is 2. The predicted molar refractivity (Wildman–Crippen MR) is 80.1 cm³/mol. The van der Waals surface area contributed by atoms with Gasteiger partial charge in [0.2, 0.25) is 5.91 Å². The summed E-state index contributed by atoms with van der Waals surface area (Å²) in [6, 6.07) is 5.67. The van der Waals surface area contributed by atoms with Gasteiger partial charge in [-0.1, -0.05) is 17.8 Å². The topological polar surface area (TPSA) is 77.2 Å². The Morgan fingerprint density at radius 1 is 1.55 bits per heavy atom. The molecule has 1 saturated carbocycles. The molecule has 1 aliphatic rings. The zero-order valence-electron chi connectivity index (χ0n) is 11.3. The van der Waals surface area contributed by atoms with Crippen molar-refractivity contribution in [2.75, 3.05) is 19.0 Å². The summed E-state index contributed by atoms with van der Waals surface area (Å²) in [7, 11) is 1.63. The van der Waals surface area contributed by atoms with E-state index in [4.69, 9.17) is 10.5 Å². The molecule has 0 saturated heterocycles. The summed E-state index contributed by atoms with van der Waals surface area (Å²) in [6.07, 6.45) is 2.81. The molecular weight excluding hydrogens is 274 g/mol. The van der Waals surface area contributed by atoms with Gasteiger partial charge in [0.25, 0.3) is 0 Å². The monoisotopic (exact) mass is 291 g/mol. The van der Waals surface area contributed by atoms with Crippen LogP contribution in [0.5, 0.6) is 5.75 Å². The second kappa shape index (κ2) is 5.03. The van der Waals surface area contributed by atoms with E-state index in [0.717, 1.165) is 35.2 Å². The summed E-state index contributed by atoms with van der Waals surface area (Å²) in [5, 5.41) is 3.53. The normalized spacial score (nSPS) is 16.7. The van der Waals surface area contributed by atoms with Crippen LogP contribution in [0.15, 0.2) is 18.2 Å². The van der Waals surface area contributed by atoms with E-state index in [9.17, 15) is 4.79 Å². The molecule has 3 N–H and O–H groups in total. The number of nitrogens with two attached hydrogens (primary N) is 1. The van der Waals surface area contributed by atoms with Crippen LogP contribution in [0, 0.1) is 5.41 Å². The SMILES string of the molecule is COc1ccc2nc(NC(=O)C3(CN)CCC3)sc2c1. The molecule has 1 aliphatic carbocycles. The predicted octanol–water partition coefficient (Wildman–Crippen LogP) is 2.37. The summed E-state index contributed by atoms with van der Waals surface area (Å²) < 4.78 is 6.18. The number of ether oxygens (including phenoxy) is 1. The first-order valence-corrected chi connectivity index (χ1v) is 7.45. The summed E-state index contributed by atoms with van der Waals surface area (Å²) in [4.78, 5) is 16.7. The number of aromatic nitrogens is 1. The maximum atomic E-state index is 12.3. The van der Waals surface area contributed by atoms with E-state index in [1.165, 1.54) is 11.3 Å². The molecule has 1 aromatic carbocycles. The van der Waals surface area contributed by atoms with Gasteiger partial charge in [0.05, 0.1) is 22.7 Å². The van der Waals surface area contributed by atoms with Crippen LogP contribution in [0.3, 0.4) is 0 Å². The van der Waals surface area contributed by atoms with Crippen LogP contribution in [0.25, 0.3) is 10.2 Å². The number of rotatable bonds is 4. The van der Waals surface area contributed by atoms with Gasteiger partial charge in [0.1, 0.15) is 5.75 Å². The van der Waals surface area contributed by atoms with Crippen LogP contribution in [0.2, 0.25) is 0 Å². The van der Waals surface area contributed by atoms with E-state index in [1.54, 1.807) is 7.11 Å². The van der Waals surface area contributed by atoms with Crippen molar-refractivity contribution in [2.45, 2.75) is 19.3 Å². The average Bonchev–Trinajstić information content (AvgIpc) is 2.78. The van der Waals surface area contributed by atoms with Crippen molar-refractivity contribution in [1.82, 2.24) is 4.98 Å². The van der Waals surface area contributed by atoms with Crippen LogP contribution >= 0.6 is 11.3 Å². The summed E-state index contributed by atoms with van der Waals surface area (Å²) >= 11 is 1.45. The van der Waals surface area contributed by atoms with Crippen molar-refractivity contribution >= 4 is 32.6 Å². The zero-order chi connectivity index (χ0) is 14.2. The lowest BCUT2D eigenvalue weighted by Gasteiger charge is -2.38. The van der Waals surface area contributed by atoms with Crippen molar-refractivity contribution in [1.29, 1.82) is 0 Å². The molecule has 2 aromatic rings. The van der Waals surface area contributed by atoms with Crippen molar-refractivity contribution in [2.24, 2.45) is 11.1 Å². The molecule has 1 heterocycles. The third-order valence-electron chi connectivity index (χ3n) is 4.00. The van der Waals surface area contributed by atoms with Crippen molar-refractivity contribution in [3.05, 3.63) is 18.2 Å². The van der Waals surface area contributed by atoms with Gasteiger partial charge in [-0.3, -0.25) is 4.79 Å². The third-order valence-corrected chi connectivity index (χ3v) is 4.93. The molecule has 1 fully saturated rings. The number of amides is 1. The van der Waals surface area contributed by atoms with Crippen LogP contribution < -0.4 is 15.8 Å². The number of thiazole rings is 1. The maximum Gasteiger partial charge on any atom is 0.233 e. The lowest BCUT2D eigenvalue weighted by atomic mass is 9.68. The number of fused-ring (bicyclic) bond motifs is 1. The van der Waals surface area contributed by atoms with Crippen molar-refractivity contribution < 1.29 is 9.53 Å². The van der Waals surface area contributed by atoms with E-state index in [1.807, 2.05) is 18.2 Å². The fourth-order valence-corrected chi connectivity index (χ4v) is 3.33. The molecule has 5 nitrogen and oxygen atoms in total. The van der Waals surface area contributed by atoms with Crippen molar-refractivity contribution in [3.63, 3.8) is 0 Å². The lowest BCUT2D eigenvalue weighted by molar-refractivity contribution is -0.129. The highest BCUT2D eigenvalue weighted by Crippen LogP contribution is 2.41. The summed E-state index contributed by atoms with van der Waals surface area (Å²) in [5.41, 5.74) is 6.23. The highest BCUT2D eigenvalue weighted by Gasteiger charge is 2.43.